The fraction of sp³-hybridized carbons (Fsp3) is 0.469. The molecule has 2 aliphatic rings. The maximum Gasteiger partial charge on any atom is 0.254 e. The third-order valence-electron chi connectivity index (χ3n) is 7.99. The van der Waals surface area contributed by atoms with Gasteiger partial charge in [-0.2, -0.15) is 0 Å². The van der Waals surface area contributed by atoms with Crippen LogP contribution in [-0.2, 0) is 6.42 Å². The van der Waals surface area contributed by atoms with Crippen molar-refractivity contribution in [3.63, 3.8) is 0 Å². The van der Waals surface area contributed by atoms with Crippen LogP contribution in [0.1, 0.15) is 48.0 Å². The first-order valence-corrected chi connectivity index (χ1v) is 14.0. The summed E-state index contributed by atoms with van der Waals surface area (Å²) in [6.07, 6.45) is 6.76. The molecule has 1 amide bonds. The van der Waals surface area contributed by atoms with Gasteiger partial charge in [0.05, 0.1) is 20.8 Å². The number of carbonyl (C=O) groups is 1. The van der Waals surface area contributed by atoms with Crippen molar-refractivity contribution in [1.29, 1.82) is 0 Å². The van der Waals surface area contributed by atoms with Crippen molar-refractivity contribution >= 4 is 16.7 Å². The minimum absolute atomic E-state index is 0.115. The van der Waals surface area contributed by atoms with E-state index in [9.17, 15) is 4.79 Å². The monoisotopic (exact) mass is 516 g/mol. The standard InChI is InChI=1S/C32H40N2O4/c1-36-30-20-26-15-18-34(32(35)28(26)21-31(30)37-2)23-24-10-4-3-7-16-33(22-24)17-9-19-38-29-14-8-12-25-11-5-6-13-27(25)29/h5-6,8,11-14,20-21,24H,3-4,7,9-10,15-19,22-23H2,1-2H3. The molecule has 1 atom stereocenters. The molecule has 5 rings (SSSR count). The van der Waals surface area contributed by atoms with Crippen LogP contribution in [0.4, 0.5) is 0 Å². The molecular weight excluding hydrogens is 476 g/mol. The van der Waals surface area contributed by atoms with Gasteiger partial charge in [0, 0.05) is 37.1 Å². The molecule has 0 saturated carbocycles. The number of hydrogen-bond acceptors (Lipinski definition) is 5. The molecule has 3 aromatic carbocycles. The van der Waals surface area contributed by atoms with Crippen LogP contribution in [0.15, 0.2) is 54.6 Å². The second kappa shape index (κ2) is 12.5. The number of likely N-dealkylation sites (tertiary alicyclic amines) is 1. The van der Waals surface area contributed by atoms with Crippen LogP contribution in [0.5, 0.6) is 17.2 Å². The smallest absolute Gasteiger partial charge is 0.254 e. The average molecular weight is 517 g/mol. The lowest BCUT2D eigenvalue weighted by Crippen LogP contribution is -2.44. The van der Waals surface area contributed by atoms with Crippen molar-refractivity contribution in [1.82, 2.24) is 9.80 Å². The molecule has 0 aromatic heterocycles. The van der Waals surface area contributed by atoms with Gasteiger partial charge in [0.15, 0.2) is 11.5 Å². The Labute approximate surface area is 226 Å². The number of carbonyl (C=O) groups excluding carboxylic acids is 1. The van der Waals surface area contributed by atoms with Crippen LogP contribution in [0.2, 0.25) is 0 Å². The fourth-order valence-electron chi connectivity index (χ4n) is 5.98. The Hall–Kier alpha value is -3.25. The van der Waals surface area contributed by atoms with Crippen LogP contribution in [0, 0.1) is 5.92 Å². The van der Waals surface area contributed by atoms with E-state index in [4.69, 9.17) is 14.2 Å². The molecule has 0 spiro atoms. The highest BCUT2D eigenvalue weighted by atomic mass is 16.5. The molecule has 1 saturated heterocycles. The summed E-state index contributed by atoms with van der Waals surface area (Å²) in [6.45, 7) is 5.47. The van der Waals surface area contributed by atoms with Gasteiger partial charge < -0.3 is 24.0 Å². The summed E-state index contributed by atoms with van der Waals surface area (Å²) in [7, 11) is 3.25. The Balaban J connectivity index is 1.17. The van der Waals surface area contributed by atoms with Crippen LogP contribution in [-0.4, -0.2) is 69.3 Å². The zero-order valence-electron chi connectivity index (χ0n) is 22.8. The van der Waals surface area contributed by atoms with E-state index >= 15 is 0 Å². The third kappa shape index (κ3) is 6.07. The van der Waals surface area contributed by atoms with Gasteiger partial charge in [0.2, 0.25) is 0 Å². The summed E-state index contributed by atoms with van der Waals surface area (Å²) in [5.74, 6) is 2.87. The summed E-state index contributed by atoms with van der Waals surface area (Å²) >= 11 is 0. The predicted octanol–water partition coefficient (Wildman–Crippen LogP) is 5.82. The Morgan fingerprint density at radius 3 is 2.58 bits per heavy atom. The maximum absolute atomic E-state index is 13.4. The summed E-state index contributed by atoms with van der Waals surface area (Å²) in [5.41, 5.74) is 1.80. The second-order valence-corrected chi connectivity index (χ2v) is 10.6. The zero-order chi connectivity index (χ0) is 26.3. The number of hydrogen-bond donors (Lipinski definition) is 0. The molecule has 38 heavy (non-hydrogen) atoms. The van der Waals surface area contributed by atoms with E-state index in [1.165, 1.54) is 36.5 Å². The molecule has 3 aromatic rings. The second-order valence-electron chi connectivity index (χ2n) is 10.6. The van der Waals surface area contributed by atoms with E-state index in [-0.39, 0.29) is 5.91 Å². The molecule has 0 aliphatic carbocycles. The number of benzene rings is 3. The summed E-state index contributed by atoms with van der Waals surface area (Å²) in [5, 5.41) is 2.38. The topological polar surface area (TPSA) is 51.2 Å². The van der Waals surface area contributed by atoms with E-state index in [0.717, 1.165) is 62.4 Å². The van der Waals surface area contributed by atoms with E-state index in [1.807, 2.05) is 12.1 Å². The Bertz CT molecular complexity index is 1240. The van der Waals surface area contributed by atoms with Crippen molar-refractivity contribution in [3.05, 3.63) is 65.7 Å². The average Bonchev–Trinajstić information content (AvgIpc) is 2.94. The molecule has 1 unspecified atom stereocenters. The van der Waals surface area contributed by atoms with Crippen LogP contribution in [0.3, 0.4) is 0 Å². The quantitative estimate of drug-likeness (QED) is 0.336. The van der Waals surface area contributed by atoms with Gasteiger partial charge in [-0.1, -0.05) is 49.2 Å². The van der Waals surface area contributed by atoms with Gasteiger partial charge in [-0.3, -0.25) is 4.79 Å². The van der Waals surface area contributed by atoms with Gasteiger partial charge >= 0.3 is 0 Å². The summed E-state index contributed by atoms with van der Waals surface area (Å²) in [6, 6.07) is 18.4. The molecule has 0 bridgehead atoms. The van der Waals surface area contributed by atoms with E-state index in [0.29, 0.717) is 24.0 Å². The minimum atomic E-state index is 0.115. The van der Waals surface area contributed by atoms with Crippen LogP contribution >= 0.6 is 0 Å². The summed E-state index contributed by atoms with van der Waals surface area (Å²) in [4.78, 5) is 18.1. The fourth-order valence-corrected chi connectivity index (χ4v) is 5.98. The lowest BCUT2D eigenvalue weighted by Gasteiger charge is -2.35. The van der Waals surface area contributed by atoms with Gasteiger partial charge in [-0.25, -0.2) is 0 Å². The van der Waals surface area contributed by atoms with Gasteiger partial charge in [0.25, 0.3) is 5.91 Å². The van der Waals surface area contributed by atoms with Gasteiger partial charge in [-0.05, 0) is 67.3 Å². The first-order valence-electron chi connectivity index (χ1n) is 14.0. The number of nitrogens with zero attached hydrogens (tertiary/aromatic N) is 2. The maximum atomic E-state index is 13.4. The highest BCUT2D eigenvalue weighted by molar-refractivity contribution is 5.97. The van der Waals surface area contributed by atoms with Crippen molar-refractivity contribution < 1.29 is 19.0 Å². The normalized spacial score (nSPS) is 18.5. The number of ether oxygens (including phenoxy) is 3. The minimum Gasteiger partial charge on any atom is -0.493 e. The molecule has 202 valence electrons. The Morgan fingerprint density at radius 2 is 1.71 bits per heavy atom. The highest BCUT2D eigenvalue weighted by Crippen LogP contribution is 2.34. The molecule has 2 heterocycles. The number of methoxy groups -OCH3 is 2. The predicted molar refractivity (Wildman–Crippen MR) is 152 cm³/mol. The Kier molecular flexibility index (Phi) is 8.69. The SMILES string of the molecule is COc1cc2c(cc1OC)C(=O)N(CC1CCCCCN(CCCOc3cccc4ccccc34)C1)CC2. The lowest BCUT2D eigenvalue weighted by molar-refractivity contribution is 0.0678. The molecule has 2 aliphatic heterocycles. The van der Waals surface area contributed by atoms with E-state index in [2.05, 4.69) is 52.3 Å². The molecule has 0 N–H and O–H groups in total. The molecule has 1 fully saturated rings. The number of rotatable bonds is 9. The molecular formula is C32H40N2O4. The largest absolute Gasteiger partial charge is 0.493 e. The number of fused-ring (bicyclic) bond motifs is 2. The van der Waals surface area contributed by atoms with E-state index in [1.54, 1.807) is 14.2 Å². The van der Waals surface area contributed by atoms with E-state index < -0.39 is 0 Å². The van der Waals surface area contributed by atoms with Crippen LogP contribution < -0.4 is 14.2 Å². The van der Waals surface area contributed by atoms with Crippen molar-refractivity contribution in [2.75, 3.05) is 53.6 Å². The molecule has 6 nitrogen and oxygen atoms in total. The van der Waals surface area contributed by atoms with Crippen molar-refractivity contribution in [2.45, 2.75) is 38.5 Å². The van der Waals surface area contributed by atoms with Crippen molar-refractivity contribution in [2.24, 2.45) is 5.92 Å². The van der Waals surface area contributed by atoms with Crippen molar-refractivity contribution in [3.8, 4) is 17.2 Å². The first-order chi connectivity index (χ1) is 18.7. The zero-order valence-corrected chi connectivity index (χ0v) is 22.8. The summed E-state index contributed by atoms with van der Waals surface area (Å²) < 4.78 is 17.1. The van der Waals surface area contributed by atoms with Crippen LogP contribution in [0.25, 0.3) is 10.8 Å². The van der Waals surface area contributed by atoms with Gasteiger partial charge in [0.1, 0.15) is 5.75 Å². The molecule has 6 heteroatoms. The lowest BCUT2D eigenvalue weighted by atomic mass is 9.94. The number of amides is 1. The first kappa shape index (κ1) is 26.4. The third-order valence-corrected chi connectivity index (χ3v) is 7.99. The van der Waals surface area contributed by atoms with Gasteiger partial charge in [-0.15, -0.1) is 0 Å². The highest BCUT2D eigenvalue weighted by Gasteiger charge is 2.29. The molecule has 0 radical (unpaired) electrons. The Morgan fingerprint density at radius 1 is 0.895 bits per heavy atom.